The normalized spacial score (nSPS) is 22.5. The number of hydrogen-bond acceptors (Lipinski definition) is 5. The standard InChI is InChI=1S/C28H32O5/c29-17-16-25-27(31-19-23-12-6-2-7-13-23)28(32-20-24-14-8-3-9-15-24)26(33-25)21-30-18-22-10-4-1-5-11-22/h1-15,25-29H,16-21H2/t25-,26+,27+,28+/m0/s1. The molecule has 33 heavy (non-hydrogen) atoms. The van der Waals surface area contributed by atoms with Gasteiger partial charge in [0.25, 0.3) is 0 Å². The molecule has 0 saturated carbocycles. The van der Waals surface area contributed by atoms with Crippen molar-refractivity contribution in [2.24, 2.45) is 0 Å². The van der Waals surface area contributed by atoms with Crippen LogP contribution in [0.2, 0.25) is 0 Å². The topological polar surface area (TPSA) is 57.2 Å². The molecule has 3 aromatic carbocycles. The summed E-state index contributed by atoms with van der Waals surface area (Å²) >= 11 is 0. The SMILES string of the molecule is OCC[C@@H]1O[C@H](COCc2ccccc2)[C@@H](OCc2ccccc2)[C@@H]1OCc1ccccc1. The second kappa shape index (κ2) is 12.6. The molecule has 5 nitrogen and oxygen atoms in total. The number of aliphatic hydroxyl groups excluding tert-OH is 1. The molecule has 1 N–H and O–H groups in total. The summed E-state index contributed by atoms with van der Waals surface area (Å²) in [4.78, 5) is 0. The fraction of sp³-hybridized carbons (Fsp3) is 0.357. The molecule has 1 fully saturated rings. The van der Waals surface area contributed by atoms with Crippen molar-refractivity contribution in [3.8, 4) is 0 Å². The summed E-state index contributed by atoms with van der Waals surface area (Å²) in [6, 6.07) is 30.2. The Balaban J connectivity index is 1.44. The van der Waals surface area contributed by atoms with Gasteiger partial charge in [0.15, 0.2) is 0 Å². The minimum absolute atomic E-state index is 0.0266. The lowest BCUT2D eigenvalue weighted by molar-refractivity contribution is -0.0899. The molecule has 4 atom stereocenters. The maximum absolute atomic E-state index is 9.63. The summed E-state index contributed by atoms with van der Waals surface area (Å²) in [5.41, 5.74) is 3.29. The van der Waals surface area contributed by atoms with Crippen LogP contribution in [-0.4, -0.2) is 42.7 Å². The lowest BCUT2D eigenvalue weighted by Crippen LogP contribution is -2.39. The third-order valence-electron chi connectivity index (χ3n) is 5.78. The summed E-state index contributed by atoms with van der Waals surface area (Å²) < 4.78 is 25.0. The van der Waals surface area contributed by atoms with Crippen molar-refractivity contribution in [3.05, 3.63) is 108 Å². The number of aliphatic hydroxyl groups is 1. The van der Waals surface area contributed by atoms with Crippen LogP contribution in [0, 0.1) is 0 Å². The van der Waals surface area contributed by atoms with E-state index in [9.17, 15) is 5.11 Å². The Morgan fingerprint density at radius 2 is 1.06 bits per heavy atom. The Kier molecular flexibility index (Phi) is 9.04. The average molecular weight is 449 g/mol. The summed E-state index contributed by atoms with van der Waals surface area (Å²) in [5, 5.41) is 9.63. The van der Waals surface area contributed by atoms with Gasteiger partial charge in [-0.15, -0.1) is 0 Å². The maximum atomic E-state index is 9.63. The lowest BCUT2D eigenvalue weighted by Gasteiger charge is -2.25. The van der Waals surface area contributed by atoms with Gasteiger partial charge in [-0.3, -0.25) is 0 Å². The predicted molar refractivity (Wildman–Crippen MR) is 126 cm³/mol. The fourth-order valence-corrected chi connectivity index (χ4v) is 4.10. The highest BCUT2D eigenvalue weighted by Gasteiger charge is 2.46. The molecule has 0 amide bonds. The molecule has 5 heteroatoms. The van der Waals surface area contributed by atoms with E-state index >= 15 is 0 Å². The minimum atomic E-state index is -0.304. The highest BCUT2D eigenvalue weighted by Crippen LogP contribution is 2.30. The molecule has 1 aliphatic heterocycles. The number of ether oxygens (including phenoxy) is 4. The van der Waals surface area contributed by atoms with Crippen LogP contribution in [0.3, 0.4) is 0 Å². The summed E-state index contributed by atoms with van der Waals surface area (Å²) in [6.45, 7) is 1.84. The minimum Gasteiger partial charge on any atom is -0.396 e. The molecular formula is C28H32O5. The molecule has 0 unspecified atom stereocenters. The van der Waals surface area contributed by atoms with E-state index in [1.807, 2.05) is 91.0 Å². The Hall–Kier alpha value is -2.54. The van der Waals surface area contributed by atoms with Crippen molar-refractivity contribution >= 4 is 0 Å². The molecule has 1 heterocycles. The Labute approximate surface area is 195 Å². The summed E-state index contributed by atoms with van der Waals surface area (Å²) in [5.74, 6) is 0. The second-order valence-corrected chi connectivity index (χ2v) is 8.25. The molecule has 1 aliphatic rings. The summed E-state index contributed by atoms with van der Waals surface area (Å²) in [7, 11) is 0. The first-order valence-corrected chi connectivity index (χ1v) is 11.5. The number of rotatable bonds is 12. The van der Waals surface area contributed by atoms with Gasteiger partial charge in [-0.2, -0.15) is 0 Å². The second-order valence-electron chi connectivity index (χ2n) is 8.25. The van der Waals surface area contributed by atoms with Gasteiger partial charge in [-0.05, 0) is 23.1 Å². The zero-order valence-electron chi connectivity index (χ0n) is 18.8. The van der Waals surface area contributed by atoms with Gasteiger partial charge >= 0.3 is 0 Å². The van der Waals surface area contributed by atoms with Crippen molar-refractivity contribution < 1.29 is 24.1 Å². The quantitative estimate of drug-likeness (QED) is 0.441. The zero-order chi connectivity index (χ0) is 22.7. The molecule has 0 bridgehead atoms. The first-order valence-electron chi connectivity index (χ1n) is 11.5. The van der Waals surface area contributed by atoms with E-state index in [0.717, 1.165) is 16.7 Å². The van der Waals surface area contributed by atoms with Crippen LogP contribution in [0.5, 0.6) is 0 Å². The van der Waals surface area contributed by atoms with Gasteiger partial charge in [-0.25, -0.2) is 0 Å². The van der Waals surface area contributed by atoms with Crippen LogP contribution in [0.15, 0.2) is 91.0 Å². The van der Waals surface area contributed by atoms with E-state index in [-0.39, 0.29) is 31.0 Å². The molecule has 3 aromatic rings. The lowest BCUT2D eigenvalue weighted by atomic mass is 10.0. The Bertz CT molecular complexity index is 919. The third kappa shape index (κ3) is 6.97. The number of hydrogen-bond donors (Lipinski definition) is 1. The van der Waals surface area contributed by atoms with E-state index in [1.165, 1.54) is 0 Å². The largest absolute Gasteiger partial charge is 0.396 e. The van der Waals surface area contributed by atoms with E-state index in [2.05, 4.69) is 0 Å². The van der Waals surface area contributed by atoms with Crippen molar-refractivity contribution in [2.45, 2.75) is 50.7 Å². The fourth-order valence-electron chi connectivity index (χ4n) is 4.10. The first kappa shape index (κ1) is 23.6. The average Bonchev–Trinajstić information content (AvgIpc) is 3.19. The van der Waals surface area contributed by atoms with Gasteiger partial charge in [0.1, 0.15) is 18.3 Å². The summed E-state index contributed by atoms with van der Waals surface area (Å²) in [6.07, 6.45) is -0.660. The third-order valence-corrected chi connectivity index (χ3v) is 5.78. The van der Waals surface area contributed by atoms with E-state index in [1.54, 1.807) is 0 Å². The predicted octanol–water partition coefficient (Wildman–Crippen LogP) is 4.52. The van der Waals surface area contributed by atoms with Crippen LogP contribution >= 0.6 is 0 Å². The Morgan fingerprint density at radius 3 is 1.55 bits per heavy atom. The highest BCUT2D eigenvalue weighted by atomic mass is 16.6. The van der Waals surface area contributed by atoms with Crippen molar-refractivity contribution in [1.82, 2.24) is 0 Å². The van der Waals surface area contributed by atoms with Gasteiger partial charge in [0, 0.05) is 6.61 Å². The van der Waals surface area contributed by atoms with E-state index in [4.69, 9.17) is 18.9 Å². The molecule has 4 rings (SSSR count). The van der Waals surface area contributed by atoms with Crippen LogP contribution in [0.25, 0.3) is 0 Å². The highest BCUT2D eigenvalue weighted by molar-refractivity contribution is 5.15. The van der Waals surface area contributed by atoms with Crippen LogP contribution < -0.4 is 0 Å². The van der Waals surface area contributed by atoms with Crippen LogP contribution in [0.1, 0.15) is 23.1 Å². The van der Waals surface area contributed by atoms with Crippen molar-refractivity contribution in [1.29, 1.82) is 0 Å². The molecule has 0 spiro atoms. The smallest absolute Gasteiger partial charge is 0.115 e. The molecule has 0 aliphatic carbocycles. The molecule has 174 valence electrons. The molecular weight excluding hydrogens is 416 g/mol. The van der Waals surface area contributed by atoms with Crippen LogP contribution in [0.4, 0.5) is 0 Å². The monoisotopic (exact) mass is 448 g/mol. The van der Waals surface area contributed by atoms with Crippen molar-refractivity contribution in [3.63, 3.8) is 0 Å². The molecule has 0 radical (unpaired) electrons. The van der Waals surface area contributed by atoms with Gasteiger partial charge < -0.3 is 24.1 Å². The maximum Gasteiger partial charge on any atom is 0.115 e. The van der Waals surface area contributed by atoms with Gasteiger partial charge in [0.2, 0.25) is 0 Å². The number of benzene rings is 3. The van der Waals surface area contributed by atoms with Crippen LogP contribution in [-0.2, 0) is 38.8 Å². The first-order chi connectivity index (χ1) is 16.3. The van der Waals surface area contributed by atoms with Gasteiger partial charge in [-0.1, -0.05) is 91.0 Å². The molecule has 1 saturated heterocycles. The van der Waals surface area contributed by atoms with E-state index in [0.29, 0.717) is 32.8 Å². The van der Waals surface area contributed by atoms with Crippen molar-refractivity contribution in [2.75, 3.05) is 13.2 Å². The van der Waals surface area contributed by atoms with Gasteiger partial charge in [0.05, 0.1) is 32.5 Å². The Morgan fingerprint density at radius 1 is 0.606 bits per heavy atom. The molecule has 0 aromatic heterocycles. The van der Waals surface area contributed by atoms with E-state index < -0.39 is 0 Å². The zero-order valence-corrected chi connectivity index (χ0v) is 18.8.